The maximum Gasteiger partial charge on any atom is 0.344 e. The number of nitrogens with zero attached hydrogens (tertiary/aromatic N) is 3. The van der Waals surface area contributed by atoms with Gasteiger partial charge in [-0.3, -0.25) is 25.0 Å². The first-order valence-corrected chi connectivity index (χ1v) is 12.4. The molecule has 178 valence electrons. The smallest absolute Gasteiger partial charge is 0.344 e. The zero-order chi connectivity index (χ0) is 24.9. The molecule has 0 saturated heterocycles. The van der Waals surface area contributed by atoms with Crippen LogP contribution in [0.15, 0.2) is 61.6 Å². The van der Waals surface area contributed by atoms with Crippen LogP contribution in [-0.2, 0) is 5.75 Å². The summed E-state index contributed by atoms with van der Waals surface area (Å²) in [6.07, 6.45) is 1.01. The highest BCUT2D eigenvalue weighted by molar-refractivity contribution is 8.00. The molecule has 0 radical (unpaired) electrons. The molecule has 4 aromatic rings. The predicted octanol–water partition coefficient (Wildman–Crippen LogP) is 4.53. The summed E-state index contributed by atoms with van der Waals surface area (Å²) in [5.74, 6) is -0.994. The molecule has 0 atom stereocenters. The van der Waals surface area contributed by atoms with Crippen molar-refractivity contribution < 1.29 is 23.7 Å². The van der Waals surface area contributed by atoms with E-state index in [1.54, 1.807) is 17.5 Å². The van der Waals surface area contributed by atoms with Gasteiger partial charge in [0.15, 0.2) is 4.34 Å². The predicted molar refractivity (Wildman–Crippen MR) is 130 cm³/mol. The number of carbonyl (C=O) groups excluding carboxylic acids is 2. The van der Waals surface area contributed by atoms with Crippen LogP contribution in [0.3, 0.4) is 0 Å². The average molecular weight is 531 g/mol. The van der Waals surface area contributed by atoms with E-state index < -0.39 is 16.3 Å². The first-order chi connectivity index (χ1) is 16.8. The number of carbonyl (C=O) groups is 2. The molecule has 35 heavy (non-hydrogen) atoms. The van der Waals surface area contributed by atoms with Gasteiger partial charge in [0.1, 0.15) is 12.0 Å². The normalized spacial score (nSPS) is 10.7. The number of thiophene rings is 1. The number of hydrogen-bond donors (Lipinski definition) is 1. The van der Waals surface area contributed by atoms with Crippen LogP contribution in [0.25, 0.3) is 0 Å². The number of aromatic nitrogens is 2. The van der Waals surface area contributed by atoms with Crippen molar-refractivity contribution in [2.75, 3.05) is 5.32 Å². The molecule has 0 aliphatic carbocycles. The average Bonchev–Trinajstić information content (AvgIpc) is 3.51. The monoisotopic (exact) mass is 530 g/mol. The minimum absolute atomic E-state index is 0.0310. The SMILES string of the molecule is Cc1c(C(=O)Oc2coc(CSc3nnc(NC(=O)c4cccs4)s3)cc2=O)cccc1[N+](=O)[O-]. The summed E-state index contributed by atoms with van der Waals surface area (Å²) < 4.78 is 11.0. The number of esters is 1. The number of nitro benzene ring substituents is 1. The van der Waals surface area contributed by atoms with Gasteiger partial charge in [0.25, 0.3) is 11.6 Å². The van der Waals surface area contributed by atoms with E-state index in [0.29, 0.717) is 20.1 Å². The lowest BCUT2D eigenvalue weighted by Crippen LogP contribution is -2.16. The quantitative estimate of drug-likeness (QED) is 0.113. The molecule has 11 nitrogen and oxygen atoms in total. The van der Waals surface area contributed by atoms with Gasteiger partial charge in [0, 0.05) is 17.7 Å². The van der Waals surface area contributed by atoms with Crippen molar-refractivity contribution in [3.63, 3.8) is 0 Å². The summed E-state index contributed by atoms with van der Waals surface area (Å²) >= 11 is 3.72. The van der Waals surface area contributed by atoms with Gasteiger partial charge in [0.05, 0.1) is 21.1 Å². The van der Waals surface area contributed by atoms with Crippen LogP contribution in [0.1, 0.15) is 31.4 Å². The summed E-state index contributed by atoms with van der Waals surface area (Å²) in [6.45, 7) is 1.42. The summed E-state index contributed by atoms with van der Waals surface area (Å²) in [4.78, 5) is 47.9. The van der Waals surface area contributed by atoms with Crippen LogP contribution in [0.5, 0.6) is 5.75 Å². The van der Waals surface area contributed by atoms with E-state index in [2.05, 4.69) is 15.5 Å². The van der Waals surface area contributed by atoms with Crippen LogP contribution >= 0.6 is 34.4 Å². The van der Waals surface area contributed by atoms with E-state index in [4.69, 9.17) is 9.15 Å². The lowest BCUT2D eigenvalue weighted by molar-refractivity contribution is -0.385. The molecule has 0 unspecified atom stereocenters. The first kappa shape index (κ1) is 24.3. The fourth-order valence-electron chi connectivity index (χ4n) is 2.80. The maximum absolute atomic E-state index is 12.4. The number of hydrogen-bond acceptors (Lipinski definition) is 12. The summed E-state index contributed by atoms with van der Waals surface area (Å²) in [7, 11) is 0. The first-order valence-electron chi connectivity index (χ1n) is 9.71. The Morgan fingerprint density at radius 2 is 2.09 bits per heavy atom. The second kappa shape index (κ2) is 10.6. The minimum atomic E-state index is -0.911. The molecular weight excluding hydrogens is 516 g/mol. The molecular formula is C21H14N4O7S3. The van der Waals surface area contributed by atoms with Gasteiger partial charge >= 0.3 is 5.97 Å². The molecule has 1 aromatic carbocycles. The zero-order valence-electron chi connectivity index (χ0n) is 17.8. The second-order valence-electron chi connectivity index (χ2n) is 6.76. The molecule has 0 aliphatic rings. The van der Waals surface area contributed by atoms with E-state index in [0.717, 1.165) is 6.26 Å². The standard InChI is InChI=1S/C21H14N4O7S3/c1-11-13(4-2-5-14(11)25(29)30)19(28)32-16-9-31-12(8-15(16)26)10-34-21-24-23-20(35-21)22-18(27)17-6-3-7-33-17/h2-9H,10H2,1H3,(H,22,23,27). The third-order valence-electron chi connectivity index (χ3n) is 4.49. The Balaban J connectivity index is 1.37. The van der Waals surface area contributed by atoms with Crippen LogP contribution in [0.2, 0.25) is 0 Å². The van der Waals surface area contributed by atoms with Crippen molar-refractivity contribution in [1.29, 1.82) is 0 Å². The Kier molecular flexibility index (Phi) is 7.33. The molecule has 0 aliphatic heterocycles. The van der Waals surface area contributed by atoms with Gasteiger partial charge in [-0.2, -0.15) is 0 Å². The molecule has 3 heterocycles. The molecule has 1 amide bonds. The lowest BCUT2D eigenvalue weighted by Gasteiger charge is -2.07. The Hall–Kier alpha value is -3.88. The van der Waals surface area contributed by atoms with Gasteiger partial charge in [-0.1, -0.05) is 35.2 Å². The summed E-state index contributed by atoms with van der Waals surface area (Å²) in [5, 5.41) is 23.8. The minimum Gasteiger partial charge on any atom is -0.464 e. The Labute approximate surface area is 208 Å². The number of ether oxygens (including phenoxy) is 1. The number of nitrogens with one attached hydrogen (secondary N) is 1. The van der Waals surface area contributed by atoms with Gasteiger partial charge in [-0.05, 0) is 24.4 Å². The highest BCUT2D eigenvalue weighted by Gasteiger charge is 2.21. The fraction of sp³-hybridized carbons (Fsp3) is 0.0952. The summed E-state index contributed by atoms with van der Waals surface area (Å²) in [6, 6.07) is 8.65. The molecule has 4 rings (SSSR count). The Morgan fingerprint density at radius 3 is 2.80 bits per heavy atom. The van der Waals surface area contributed by atoms with Crippen molar-refractivity contribution in [2.45, 2.75) is 17.0 Å². The van der Waals surface area contributed by atoms with Crippen LogP contribution in [-0.4, -0.2) is 27.0 Å². The van der Waals surface area contributed by atoms with Crippen molar-refractivity contribution in [1.82, 2.24) is 10.2 Å². The molecule has 0 bridgehead atoms. The van der Waals surface area contributed by atoms with E-state index in [-0.39, 0.29) is 34.2 Å². The van der Waals surface area contributed by atoms with Gasteiger partial charge in [-0.15, -0.1) is 21.5 Å². The maximum atomic E-state index is 12.4. The highest BCUT2D eigenvalue weighted by Crippen LogP contribution is 2.29. The van der Waals surface area contributed by atoms with E-state index in [1.165, 1.54) is 65.6 Å². The van der Waals surface area contributed by atoms with Gasteiger partial charge in [0.2, 0.25) is 16.3 Å². The molecule has 1 N–H and O–H groups in total. The van der Waals surface area contributed by atoms with Crippen molar-refractivity contribution in [3.8, 4) is 5.75 Å². The van der Waals surface area contributed by atoms with Crippen molar-refractivity contribution in [2.24, 2.45) is 0 Å². The van der Waals surface area contributed by atoms with Crippen molar-refractivity contribution in [3.05, 3.63) is 90.1 Å². The highest BCUT2D eigenvalue weighted by atomic mass is 32.2. The van der Waals surface area contributed by atoms with Gasteiger partial charge in [-0.25, -0.2) is 4.79 Å². The van der Waals surface area contributed by atoms with Crippen LogP contribution in [0.4, 0.5) is 10.8 Å². The number of nitro groups is 1. The second-order valence-corrected chi connectivity index (χ2v) is 9.91. The number of thioether (sulfide) groups is 1. The molecule has 0 fully saturated rings. The molecule has 0 spiro atoms. The van der Waals surface area contributed by atoms with E-state index in [9.17, 15) is 24.5 Å². The third kappa shape index (κ3) is 5.79. The fourth-order valence-corrected chi connectivity index (χ4v) is 5.06. The molecule has 3 aromatic heterocycles. The molecule has 0 saturated carbocycles. The topological polar surface area (TPSA) is 155 Å². The third-order valence-corrected chi connectivity index (χ3v) is 7.35. The Bertz CT molecular complexity index is 1460. The lowest BCUT2D eigenvalue weighted by atomic mass is 10.1. The number of amides is 1. The largest absolute Gasteiger partial charge is 0.464 e. The molecule has 14 heteroatoms. The summed E-state index contributed by atoms with van der Waals surface area (Å²) in [5.41, 5.74) is -0.728. The number of rotatable bonds is 8. The van der Waals surface area contributed by atoms with Gasteiger partial charge < -0.3 is 9.15 Å². The van der Waals surface area contributed by atoms with Crippen LogP contribution in [0, 0.1) is 17.0 Å². The number of benzene rings is 1. The Morgan fingerprint density at radius 1 is 1.26 bits per heavy atom. The van der Waals surface area contributed by atoms with Crippen LogP contribution < -0.4 is 15.5 Å². The zero-order valence-corrected chi connectivity index (χ0v) is 20.2. The van der Waals surface area contributed by atoms with E-state index in [1.807, 2.05) is 0 Å². The number of anilines is 1. The van der Waals surface area contributed by atoms with Crippen molar-refractivity contribution >= 4 is 57.1 Å². The van der Waals surface area contributed by atoms with E-state index >= 15 is 0 Å².